The first-order valence-corrected chi connectivity index (χ1v) is 7.25. The number of hydrogen-bond acceptors (Lipinski definition) is 3. The summed E-state index contributed by atoms with van der Waals surface area (Å²) in [6.45, 7) is 7.09. The lowest BCUT2D eigenvalue weighted by Gasteiger charge is -2.18. The highest BCUT2D eigenvalue weighted by Gasteiger charge is 2.11. The molecule has 0 saturated carbocycles. The predicted octanol–water partition coefficient (Wildman–Crippen LogP) is 3.74. The summed E-state index contributed by atoms with van der Waals surface area (Å²) in [5.74, 6) is 1.75. The molecule has 0 amide bonds. The third-order valence-electron chi connectivity index (χ3n) is 3.10. The van der Waals surface area contributed by atoms with Gasteiger partial charge in [0.2, 0.25) is 5.89 Å². The zero-order valence-corrected chi connectivity index (χ0v) is 12.6. The van der Waals surface area contributed by atoms with Crippen LogP contribution in [-0.2, 0) is 19.4 Å². The van der Waals surface area contributed by atoms with Crippen LogP contribution in [0.3, 0.4) is 0 Å². The second-order valence-electron chi connectivity index (χ2n) is 6.16. The number of benzene rings is 1. The highest BCUT2D eigenvalue weighted by Crippen LogP contribution is 2.10. The van der Waals surface area contributed by atoms with Crippen molar-refractivity contribution < 1.29 is 4.42 Å². The quantitative estimate of drug-likeness (QED) is 0.870. The lowest BCUT2D eigenvalue weighted by molar-refractivity contribution is 0.370. The second kappa shape index (κ2) is 6.71. The van der Waals surface area contributed by atoms with E-state index in [1.54, 1.807) is 0 Å². The summed E-state index contributed by atoms with van der Waals surface area (Å²) in [4.78, 5) is 4.32. The summed E-state index contributed by atoms with van der Waals surface area (Å²) in [7, 11) is 0. The van der Waals surface area contributed by atoms with Crippen molar-refractivity contribution in [3.05, 3.63) is 53.7 Å². The number of hydrogen-bond donors (Lipinski definition) is 1. The van der Waals surface area contributed by atoms with Crippen molar-refractivity contribution in [2.24, 2.45) is 0 Å². The minimum absolute atomic E-state index is 0.0853. The lowest BCUT2D eigenvalue weighted by atomic mass is 10.1. The summed E-state index contributed by atoms with van der Waals surface area (Å²) in [5, 5.41) is 3.38. The molecule has 1 N–H and O–H groups in total. The van der Waals surface area contributed by atoms with Crippen LogP contribution < -0.4 is 5.32 Å². The molecule has 0 aliphatic rings. The summed E-state index contributed by atoms with van der Waals surface area (Å²) in [5.41, 5.74) is 1.46. The van der Waals surface area contributed by atoms with E-state index in [1.807, 2.05) is 6.20 Å². The van der Waals surface area contributed by atoms with E-state index < -0.39 is 0 Å². The van der Waals surface area contributed by atoms with Gasteiger partial charge < -0.3 is 9.73 Å². The molecule has 3 heteroatoms. The Hall–Kier alpha value is -1.61. The molecule has 0 aliphatic carbocycles. The number of nitrogens with zero attached hydrogens (tertiary/aromatic N) is 1. The van der Waals surface area contributed by atoms with Crippen LogP contribution in [0.4, 0.5) is 0 Å². The molecule has 0 aliphatic heterocycles. The van der Waals surface area contributed by atoms with Crippen LogP contribution in [0.15, 0.2) is 40.9 Å². The van der Waals surface area contributed by atoms with Crippen molar-refractivity contribution in [2.45, 2.75) is 52.1 Å². The molecule has 2 rings (SSSR count). The SMILES string of the molecule is CC(C)(C)NCc1ncc(CCCc2ccccc2)o1. The Bertz CT molecular complexity index is 511. The van der Waals surface area contributed by atoms with Crippen molar-refractivity contribution in [3.8, 4) is 0 Å². The van der Waals surface area contributed by atoms with Gasteiger partial charge in [0.1, 0.15) is 5.76 Å². The van der Waals surface area contributed by atoms with Gasteiger partial charge in [0.05, 0.1) is 12.7 Å². The molecule has 0 bridgehead atoms. The number of nitrogens with one attached hydrogen (secondary N) is 1. The summed E-state index contributed by atoms with van der Waals surface area (Å²) >= 11 is 0. The van der Waals surface area contributed by atoms with Crippen LogP contribution in [0.5, 0.6) is 0 Å². The normalized spacial score (nSPS) is 11.8. The average molecular weight is 272 g/mol. The summed E-state index contributed by atoms with van der Waals surface area (Å²) in [6.07, 6.45) is 4.96. The molecule has 20 heavy (non-hydrogen) atoms. The zero-order valence-electron chi connectivity index (χ0n) is 12.6. The Morgan fingerprint density at radius 3 is 2.55 bits per heavy atom. The molecule has 108 valence electrons. The molecule has 0 unspecified atom stereocenters. The van der Waals surface area contributed by atoms with Crippen LogP contribution >= 0.6 is 0 Å². The van der Waals surface area contributed by atoms with E-state index in [0.717, 1.165) is 30.9 Å². The van der Waals surface area contributed by atoms with Gasteiger partial charge in [-0.3, -0.25) is 0 Å². The minimum atomic E-state index is 0.0853. The molecular weight excluding hydrogens is 248 g/mol. The van der Waals surface area contributed by atoms with Crippen LogP contribution in [0.2, 0.25) is 0 Å². The molecule has 0 spiro atoms. The fourth-order valence-corrected chi connectivity index (χ4v) is 2.00. The Labute approximate surface area is 121 Å². The van der Waals surface area contributed by atoms with Crippen LogP contribution in [0.1, 0.15) is 44.4 Å². The second-order valence-corrected chi connectivity index (χ2v) is 6.16. The molecule has 0 atom stereocenters. The summed E-state index contributed by atoms with van der Waals surface area (Å²) in [6, 6.07) is 10.5. The van der Waals surface area contributed by atoms with Gasteiger partial charge in [-0.25, -0.2) is 4.98 Å². The Morgan fingerprint density at radius 2 is 1.85 bits per heavy atom. The summed E-state index contributed by atoms with van der Waals surface area (Å²) < 4.78 is 5.74. The number of oxazole rings is 1. The highest BCUT2D eigenvalue weighted by atomic mass is 16.4. The molecule has 1 heterocycles. The van der Waals surface area contributed by atoms with E-state index in [0.29, 0.717) is 6.54 Å². The monoisotopic (exact) mass is 272 g/mol. The number of aromatic nitrogens is 1. The third-order valence-corrected chi connectivity index (χ3v) is 3.10. The maximum absolute atomic E-state index is 5.74. The molecule has 3 nitrogen and oxygen atoms in total. The highest BCUT2D eigenvalue weighted by molar-refractivity contribution is 5.14. The molecule has 1 aromatic carbocycles. The smallest absolute Gasteiger partial charge is 0.208 e. The van der Waals surface area contributed by atoms with Gasteiger partial charge in [0.15, 0.2) is 0 Å². The van der Waals surface area contributed by atoms with Crippen molar-refractivity contribution in [3.63, 3.8) is 0 Å². The van der Waals surface area contributed by atoms with E-state index in [-0.39, 0.29) is 5.54 Å². The molecular formula is C17H24N2O. The van der Waals surface area contributed by atoms with Gasteiger partial charge >= 0.3 is 0 Å². The van der Waals surface area contributed by atoms with E-state index >= 15 is 0 Å². The van der Waals surface area contributed by atoms with Crippen molar-refractivity contribution in [2.75, 3.05) is 0 Å². The average Bonchev–Trinajstić information content (AvgIpc) is 2.85. The van der Waals surface area contributed by atoms with E-state index in [9.17, 15) is 0 Å². The van der Waals surface area contributed by atoms with Crippen molar-refractivity contribution in [1.29, 1.82) is 0 Å². The van der Waals surface area contributed by atoms with E-state index in [1.165, 1.54) is 5.56 Å². The van der Waals surface area contributed by atoms with Crippen LogP contribution in [0.25, 0.3) is 0 Å². The van der Waals surface area contributed by atoms with Crippen molar-refractivity contribution >= 4 is 0 Å². The van der Waals surface area contributed by atoms with Crippen LogP contribution in [0, 0.1) is 0 Å². The number of rotatable bonds is 6. The maximum Gasteiger partial charge on any atom is 0.208 e. The number of aryl methyl sites for hydroxylation is 2. The minimum Gasteiger partial charge on any atom is -0.444 e. The molecule has 0 saturated heterocycles. The molecule has 2 aromatic rings. The Balaban J connectivity index is 1.75. The largest absolute Gasteiger partial charge is 0.444 e. The first-order chi connectivity index (χ1) is 9.53. The van der Waals surface area contributed by atoms with Gasteiger partial charge in [-0.1, -0.05) is 30.3 Å². The lowest BCUT2D eigenvalue weighted by Crippen LogP contribution is -2.35. The molecule has 1 aromatic heterocycles. The zero-order chi connectivity index (χ0) is 14.4. The molecule has 0 radical (unpaired) electrons. The standard InChI is InChI=1S/C17H24N2O/c1-17(2,3)19-13-16-18-12-15(20-16)11-7-10-14-8-5-4-6-9-14/h4-6,8-9,12,19H,7,10-11,13H2,1-3H3. The Morgan fingerprint density at radius 1 is 1.10 bits per heavy atom. The fourth-order valence-electron chi connectivity index (χ4n) is 2.00. The van der Waals surface area contributed by atoms with E-state index in [2.05, 4.69) is 61.4 Å². The van der Waals surface area contributed by atoms with Crippen LogP contribution in [-0.4, -0.2) is 10.5 Å². The van der Waals surface area contributed by atoms with Gasteiger partial charge in [-0.15, -0.1) is 0 Å². The fraction of sp³-hybridized carbons (Fsp3) is 0.471. The predicted molar refractivity (Wildman–Crippen MR) is 81.6 cm³/mol. The van der Waals surface area contributed by atoms with Gasteiger partial charge in [0.25, 0.3) is 0 Å². The van der Waals surface area contributed by atoms with Gasteiger partial charge in [0, 0.05) is 12.0 Å². The Kier molecular flexibility index (Phi) is 4.96. The first kappa shape index (κ1) is 14.8. The van der Waals surface area contributed by atoms with E-state index in [4.69, 9.17) is 4.42 Å². The molecule has 0 fully saturated rings. The van der Waals surface area contributed by atoms with Crippen molar-refractivity contribution in [1.82, 2.24) is 10.3 Å². The van der Waals surface area contributed by atoms with Gasteiger partial charge in [-0.05, 0) is 39.2 Å². The third kappa shape index (κ3) is 5.17. The maximum atomic E-state index is 5.74. The topological polar surface area (TPSA) is 38.1 Å². The first-order valence-electron chi connectivity index (χ1n) is 7.25. The van der Waals surface area contributed by atoms with Gasteiger partial charge in [-0.2, -0.15) is 0 Å².